The number of rotatable bonds is 13. The third kappa shape index (κ3) is 10.4. The lowest BCUT2D eigenvalue weighted by Gasteiger charge is -2.04. The van der Waals surface area contributed by atoms with Gasteiger partial charge in [0.05, 0.1) is 0 Å². The van der Waals surface area contributed by atoms with Crippen molar-refractivity contribution in [3.8, 4) is 0 Å². The van der Waals surface area contributed by atoms with Crippen LogP contribution in [-0.4, -0.2) is 0 Å². The molecule has 1 aromatic heterocycles. The molecule has 0 amide bonds. The lowest BCUT2D eigenvalue weighted by molar-refractivity contribution is -0.704. The van der Waals surface area contributed by atoms with Crippen LogP contribution in [-0.2, 0) is 13.0 Å². The van der Waals surface area contributed by atoms with Gasteiger partial charge in [0.2, 0.25) is 0 Å². The van der Waals surface area contributed by atoms with E-state index >= 15 is 0 Å². The predicted molar refractivity (Wildman–Crippen MR) is 92.5 cm³/mol. The van der Waals surface area contributed by atoms with Crippen LogP contribution in [0.1, 0.15) is 90.2 Å². The van der Waals surface area contributed by atoms with Crippen LogP contribution in [0.25, 0.3) is 0 Å². The summed E-state index contributed by atoms with van der Waals surface area (Å²) in [6.45, 7) is 5.75. The molecule has 0 aromatic carbocycles. The quantitative estimate of drug-likeness (QED) is 0.371. The molecule has 1 aromatic rings. The third-order valence-electron chi connectivity index (χ3n) is 4.29. The van der Waals surface area contributed by atoms with Gasteiger partial charge >= 0.3 is 0 Å². The molecule has 1 nitrogen and oxygen atoms in total. The van der Waals surface area contributed by atoms with E-state index in [9.17, 15) is 0 Å². The highest BCUT2D eigenvalue weighted by atomic mass is 79.9. The molecule has 0 aliphatic rings. The highest BCUT2D eigenvalue weighted by Crippen LogP contribution is 2.10. The minimum atomic E-state index is 0. The summed E-state index contributed by atoms with van der Waals surface area (Å²) in [6.07, 6.45) is 18.9. The van der Waals surface area contributed by atoms with Crippen molar-refractivity contribution in [3.63, 3.8) is 0 Å². The van der Waals surface area contributed by atoms with Gasteiger partial charge in [-0.25, -0.2) is 4.57 Å². The summed E-state index contributed by atoms with van der Waals surface area (Å²) in [5.74, 6) is 0. The maximum Gasteiger partial charge on any atom is 0.181 e. The van der Waals surface area contributed by atoms with Gasteiger partial charge in [0.15, 0.2) is 11.9 Å². The molecule has 0 bridgehead atoms. The van der Waals surface area contributed by atoms with Crippen molar-refractivity contribution < 1.29 is 21.5 Å². The fourth-order valence-electron chi connectivity index (χ4n) is 2.98. The van der Waals surface area contributed by atoms with Crippen LogP contribution < -0.4 is 21.5 Å². The van der Waals surface area contributed by atoms with Crippen LogP contribution in [0.4, 0.5) is 0 Å². The molecular weight excluding hydrogens is 334 g/mol. The molecule has 0 N–H and O–H groups in total. The summed E-state index contributed by atoms with van der Waals surface area (Å²) in [7, 11) is 0. The third-order valence-corrected chi connectivity index (χ3v) is 4.29. The van der Waals surface area contributed by atoms with Gasteiger partial charge in [0, 0.05) is 25.0 Å². The number of aromatic nitrogens is 1. The standard InChI is InChI=1S/C20H36N.BrH/c1-3-5-6-7-8-9-10-11-12-14-18-21-19-15-13-17-20(21)16-4-2;/h13,15,17,19H,3-12,14,16,18H2,1-2H3;1H/q+1;/p-1. The normalized spacial score (nSPS) is 10.5. The number of unbranched alkanes of at least 4 members (excludes halogenated alkanes) is 9. The topological polar surface area (TPSA) is 3.88 Å². The van der Waals surface area contributed by atoms with E-state index in [1.54, 1.807) is 0 Å². The summed E-state index contributed by atoms with van der Waals surface area (Å²) in [5, 5.41) is 0. The van der Waals surface area contributed by atoms with Gasteiger partial charge in [-0.15, -0.1) is 0 Å². The van der Waals surface area contributed by atoms with Crippen molar-refractivity contribution in [2.75, 3.05) is 0 Å². The average molecular weight is 370 g/mol. The molecule has 0 aliphatic heterocycles. The van der Waals surface area contributed by atoms with Crippen LogP contribution in [0.15, 0.2) is 24.4 Å². The zero-order valence-corrected chi connectivity index (χ0v) is 16.4. The first-order valence-corrected chi connectivity index (χ1v) is 9.35. The molecule has 0 saturated carbocycles. The maximum absolute atomic E-state index is 2.45. The van der Waals surface area contributed by atoms with Crippen LogP contribution in [0.3, 0.4) is 0 Å². The zero-order valence-electron chi connectivity index (χ0n) is 14.8. The monoisotopic (exact) mass is 369 g/mol. The Labute approximate surface area is 149 Å². The van der Waals surface area contributed by atoms with E-state index in [4.69, 9.17) is 0 Å². The maximum atomic E-state index is 2.45. The Balaban J connectivity index is 0.00000441. The molecule has 1 heterocycles. The summed E-state index contributed by atoms with van der Waals surface area (Å²) in [4.78, 5) is 0. The number of pyridine rings is 1. The SMILES string of the molecule is CCCCCCCCCCCC[n+]1ccccc1CCC.[Br-]. The Hall–Kier alpha value is -0.370. The average Bonchev–Trinajstić information content (AvgIpc) is 2.51. The largest absolute Gasteiger partial charge is 1.00 e. The smallest absolute Gasteiger partial charge is 0.181 e. The second kappa shape index (κ2) is 15.5. The first-order chi connectivity index (χ1) is 10.4. The van der Waals surface area contributed by atoms with E-state index in [-0.39, 0.29) is 17.0 Å². The molecule has 0 aliphatic carbocycles. The van der Waals surface area contributed by atoms with Crippen molar-refractivity contribution in [1.82, 2.24) is 0 Å². The zero-order chi connectivity index (χ0) is 15.2. The van der Waals surface area contributed by atoms with E-state index in [1.165, 1.54) is 89.3 Å². The van der Waals surface area contributed by atoms with Crippen LogP contribution >= 0.6 is 0 Å². The first-order valence-electron chi connectivity index (χ1n) is 9.35. The first kappa shape index (κ1) is 21.6. The Morgan fingerprint density at radius 2 is 1.32 bits per heavy atom. The van der Waals surface area contributed by atoms with E-state index in [0.717, 1.165) is 0 Å². The molecule has 0 unspecified atom stereocenters. The molecule has 0 spiro atoms. The minimum Gasteiger partial charge on any atom is -1.00 e. The fraction of sp³-hybridized carbons (Fsp3) is 0.750. The van der Waals surface area contributed by atoms with Gasteiger partial charge < -0.3 is 17.0 Å². The van der Waals surface area contributed by atoms with Gasteiger partial charge in [0.25, 0.3) is 0 Å². The molecule has 0 radical (unpaired) electrons. The summed E-state index contributed by atoms with van der Waals surface area (Å²) in [5.41, 5.74) is 1.50. The lowest BCUT2D eigenvalue weighted by Crippen LogP contribution is -3.00. The molecule has 0 saturated heterocycles. The number of hydrogen-bond acceptors (Lipinski definition) is 0. The fourth-order valence-corrected chi connectivity index (χ4v) is 2.98. The second-order valence-corrected chi connectivity index (χ2v) is 6.32. The molecule has 1 rings (SSSR count). The Bertz CT molecular complexity index is 351. The van der Waals surface area contributed by atoms with Crippen LogP contribution in [0.5, 0.6) is 0 Å². The van der Waals surface area contributed by atoms with Gasteiger partial charge in [-0.05, 0) is 12.8 Å². The number of halogens is 1. The number of aryl methyl sites for hydroxylation is 2. The van der Waals surface area contributed by atoms with Crippen molar-refractivity contribution in [2.24, 2.45) is 0 Å². The molecule has 22 heavy (non-hydrogen) atoms. The number of nitrogens with zero attached hydrogens (tertiary/aromatic N) is 1. The predicted octanol–water partition coefficient (Wildman–Crippen LogP) is 2.85. The summed E-state index contributed by atoms with van der Waals surface area (Å²) < 4.78 is 2.45. The minimum absolute atomic E-state index is 0. The number of hydrogen-bond donors (Lipinski definition) is 0. The summed E-state index contributed by atoms with van der Waals surface area (Å²) >= 11 is 0. The van der Waals surface area contributed by atoms with Gasteiger partial charge in [-0.2, -0.15) is 0 Å². The molecule has 0 fully saturated rings. The Kier molecular flexibility index (Phi) is 15.3. The van der Waals surface area contributed by atoms with Crippen LogP contribution in [0, 0.1) is 0 Å². The Morgan fingerprint density at radius 1 is 0.727 bits per heavy atom. The Morgan fingerprint density at radius 3 is 1.91 bits per heavy atom. The second-order valence-electron chi connectivity index (χ2n) is 6.32. The van der Waals surface area contributed by atoms with Gasteiger partial charge in [0.1, 0.15) is 6.54 Å². The van der Waals surface area contributed by atoms with Gasteiger partial charge in [-0.1, -0.05) is 71.3 Å². The van der Waals surface area contributed by atoms with Crippen molar-refractivity contribution in [2.45, 2.75) is 97.4 Å². The van der Waals surface area contributed by atoms with E-state index in [2.05, 4.69) is 42.8 Å². The van der Waals surface area contributed by atoms with Crippen molar-refractivity contribution in [1.29, 1.82) is 0 Å². The highest BCUT2D eigenvalue weighted by Gasteiger charge is 2.07. The van der Waals surface area contributed by atoms with Gasteiger partial charge in [-0.3, -0.25) is 0 Å². The summed E-state index contributed by atoms with van der Waals surface area (Å²) in [6, 6.07) is 6.61. The molecular formula is C20H36BrN. The van der Waals surface area contributed by atoms with Crippen molar-refractivity contribution >= 4 is 0 Å². The van der Waals surface area contributed by atoms with Crippen LogP contribution in [0.2, 0.25) is 0 Å². The molecule has 128 valence electrons. The van der Waals surface area contributed by atoms with Crippen molar-refractivity contribution in [3.05, 3.63) is 30.1 Å². The van der Waals surface area contributed by atoms with E-state index in [1.807, 2.05) is 0 Å². The lowest BCUT2D eigenvalue weighted by atomic mass is 10.1. The molecule has 0 atom stereocenters. The highest BCUT2D eigenvalue weighted by molar-refractivity contribution is 4.97. The van der Waals surface area contributed by atoms with E-state index < -0.39 is 0 Å². The van der Waals surface area contributed by atoms with E-state index in [0.29, 0.717) is 0 Å². The molecule has 2 heteroatoms.